The quantitative estimate of drug-likeness (QED) is 0.637. The number of piperazine rings is 1. The molecule has 1 aromatic rings. The van der Waals surface area contributed by atoms with E-state index in [4.69, 9.17) is 0 Å². The molecule has 0 bridgehead atoms. The van der Waals surface area contributed by atoms with Gasteiger partial charge in [0.25, 0.3) is 11.6 Å². The second-order valence-corrected chi connectivity index (χ2v) is 6.40. The van der Waals surface area contributed by atoms with Crippen LogP contribution < -0.4 is 9.80 Å². The number of likely N-dealkylation sites (N-methyl/N-ethyl adjacent to an activating group) is 1. The van der Waals surface area contributed by atoms with Crippen LogP contribution in [-0.2, 0) is 0 Å². The first-order valence-corrected chi connectivity index (χ1v) is 8.20. The monoisotopic (exact) mass is 319 g/mol. The number of nitrogens with zero attached hydrogens (tertiary/aromatic N) is 3. The summed E-state index contributed by atoms with van der Waals surface area (Å²) in [7, 11) is 2.11. The van der Waals surface area contributed by atoms with E-state index in [2.05, 4.69) is 7.05 Å². The molecular weight excluding hydrogens is 296 g/mol. The number of amides is 1. The molecule has 0 aliphatic carbocycles. The maximum absolute atomic E-state index is 12.6. The maximum Gasteiger partial charge on any atom is 0.293 e. The van der Waals surface area contributed by atoms with Crippen molar-refractivity contribution in [3.8, 4) is 0 Å². The van der Waals surface area contributed by atoms with Crippen molar-refractivity contribution in [2.45, 2.75) is 12.8 Å². The Morgan fingerprint density at radius 2 is 1.83 bits per heavy atom. The minimum absolute atomic E-state index is 0.0394. The van der Waals surface area contributed by atoms with Crippen LogP contribution in [0.25, 0.3) is 0 Å². The van der Waals surface area contributed by atoms with Gasteiger partial charge in [0.1, 0.15) is 5.69 Å². The summed E-state index contributed by atoms with van der Waals surface area (Å²) >= 11 is 0. The van der Waals surface area contributed by atoms with E-state index >= 15 is 0 Å². The zero-order valence-corrected chi connectivity index (χ0v) is 13.5. The summed E-state index contributed by atoms with van der Waals surface area (Å²) in [5.41, 5.74) is 1.09. The van der Waals surface area contributed by atoms with Crippen LogP contribution >= 0.6 is 0 Å². The van der Waals surface area contributed by atoms with Crippen LogP contribution in [0.3, 0.4) is 0 Å². The minimum atomic E-state index is -0.376. The van der Waals surface area contributed by atoms with Crippen molar-refractivity contribution in [2.75, 3.05) is 51.2 Å². The highest BCUT2D eigenvalue weighted by Gasteiger charge is 2.27. The van der Waals surface area contributed by atoms with Crippen LogP contribution in [0.4, 0.5) is 11.4 Å². The van der Waals surface area contributed by atoms with Crippen molar-refractivity contribution in [2.24, 2.45) is 0 Å². The van der Waals surface area contributed by atoms with E-state index < -0.39 is 0 Å². The second-order valence-electron chi connectivity index (χ2n) is 6.40. The van der Waals surface area contributed by atoms with Crippen LogP contribution in [0.1, 0.15) is 23.2 Å². The number of anilines is 1. The van der Waals surface area contributed by atoms with Gasteiger partial charge in [-0.2, -0.15) is 0 Å². The van der Waals surface area contributed by atoms with Crippen LogP contribution in [-0.4, -0.2) is 62.0 Å². The molecule has 3 rings (SSSR count). The largest absolute Gasteiger partial charge is 0.366 e. The number of nitrogens with one attached hydrogen (secondary N) is 1. The molecule has 0 aromatic heterocycles. The van der Waals surface area contributed by atoms with E-state index in [1.165, 1.54) is 11.0 Å². The molecular formula is C16H23N4O3+. The first kappa shape index (κ1) is 15.7. The number of quaternary nitrogens is 1. The van der Waals surface area contributed by atoms with Crippen LogP contribution in [0.2, 0.25) is 0 Å². The zero-order valence-electron chi connectivity index (χ0n) is 13.5. The van der Waals surface area contributed by atoms with E-state index in [1.54, 1.807) is 17.0 Å². The second kappa shape index (κ2) is 6.54. The van der Waals surface area contributed by atoms with E-state index in [9.17, 15) is 14.9 Å². The Hall–Kier alpha value is -2.15. The third kappa shape index (κ3) is 3.29. The average Bonchev–Trinajstić information content (AvgIpc) is 3.08. The lowest BCUT2D eigenvalue weighted by Crippen LogP contribution is -3.12. The van der Waals surface area contributed by atoms with Crippen molar-refractivity contribution in [3.63, 3.8) is 0 Å². The molecule has 0 spiro atoms. The molecule has 0 radical (unpaired) electrons. The van der Waals surface area contributed by atoms with Gasteiger partial charge in [-0.05, 0) is 25.0 Å². The van der Waals surface area contributed by atoms with E-state index in [0.29, 0.717) is 24.3 Å². The van der Waals surface area contributed by atoms with Crippen LogP contribution in [0.5, 0.6) is 0 Å². The van der Waals surface area contributed by atoms with Crippen molar-refractivity contribution in [3.05, 3.63) is 33.9 Å². The van der Waals surface area contributed by atoms with E-state index in [0.717, 1.165) is 39.0 Å². The normalized spacial score (nSPS) is 19.2. The summed E-state index contributed by atoms with van der Waals surface area (Å²) in [6.07, 6.45) is 2.11. The van der Waals surface area contributed by atoms with Crippen LogP contribution in [0.15, 0.2) is 18.2 Å². The highest BCUT2D eigenvalue weighted by atomic mass is 16.6. The van der Waals surface area contributed by atoms with Gasteiger partial charge in [-0.1, -0.05) is 0 Å². The molecule has 124 valence electrons. The standard InChI is InChI=1S/C16H22N4O3/c1-17-8-10-19(11-9-17)16(21)13-4-5-14(15(12-13)20(22)23)18-6-2-3-7-18/h4-5,12H,2-3,6-11H2,1H3/p+1. The van der Waals surface area contributed by atoms with Gasteiger partial charge < -0.3 is 14.7 Å². The molecule has 0 unspecified atom stereocenters. The van der Waals surface area contributed by atoms with E-state index in [-0.39, 0.29) is 16.5 Å². The van der Waals surface area contributed by atoms with Crippen molar-refractivity contribution >= 4 is 17.3 Å². The lowest BCUT2D eigenvalue weighted by atomic mass is 10.1. The van der Waals surface area contributed by atoms with E-state index in [1.807, 2.05) is 4.90 Å². The van der Waals surface area contributed by atoms with Crippen LogP contribution in [0, 0.1) is 10.1 Å². The number of rotatable bonds is 3. The smallest absolute Gasteiger partial charge is 0.293 e. The van der Waals surface area contributed by atoms with Gasteiger partial charge in [0.05, 0.1) is 38.2 Å². The molecule has 0 saturated carbocycles. The van der Waals surface area contributed by atoms with Crippen molar-refractivity contribution in [1.29, 1.82) is 0 Å². The summed E-state index contributed by atoms with van der Waals surface area (Å²) < 4.78 is 0. The Morgan fingerprint density at radius 3 is 2.43 bits per heavy atom. The molecule has 2 aliphatic rings. The fraction of sp³-hybridized carbons (Fsp3) is 0.562. The third-order valence-corrected chi connectivity index (χ3v) is 4.77. The van der Waals surface area contributed by atoms with Crippen molar-refractivity contribution < 1.29 is 14.6 Å². The number of benzene rings is 1. The highest BCUT2D eigenvalue weighted by molar-refractivity contribution is 5.95. The number of hydrogen-bond donors (Lipinski definition) is 1. The van der Waals surface area contributed by atoms with Gasteiger partial charge in [-0.15, -0.1) is 0 Å². The van der Waals surface area contributed by atoms with Gasteiger partial charge in [0.15, 0.2) is 0 Å². The molecule has 2 fully saturated rings. The number of hydrogen-bond acceptors (Lipinski definition) is 4. The molecule has 2 aliphatic heterocycles. The fourth-order valence-electron chi connectivity index (χ4n) is 3.30. The summed E-state index contributed by atoms with van der Waals surface area (Å²) in [6, 6.07) is 4.91. The molecule has 1 amide bonds. The molecule has 7 heteroatoms. The lowest BCUT2D eigenvalue weighted by Gasteiger charge is -2.30. The molecule has 1 N–H and O–H groups in total. The SMILES string of the molecule is C[NH+]1CCN(C(=O)c2ccc(N3CCCC3)c([N+](=O)[O-])c2)CC1. The van der Waals surface area contributed by atoms with Gasteiger partial charge >= 0.3 is 0 Å². The van der Waals surface area contributed by atoms with Crippen molar-refractivity contribution in [1.82, 2.24) is 4.90 Å². The predicted octanol–water partition coefficient (Wildman–Crippen LogP) is 0.166. The molecule has 0 atom stereocenters. The van der Waals surface area contributed by atoms with Gasteiger partial charge in [0.2, 0.25) is 0 Å². The topological polar surface area (TPSA) is 71.1 Å². The lowest BCUT2D eigenvalue weighted by molar-refractivity contribution is -0.883. The Labute approximate surface area is 135 Å². The maximum atomic E-state index is 12.6. The number of nitro benzene ring substituents is 1. The van der Waals surface area contributed by atoms with Gasteiger partial charge in [0, 0.05) is 24.7 Å². The molecule has 2 saturated heterocycles. The zero-order chi connectivity index (χ0) is 16.4. The Bertz CT molecular complexity index is 605. The molecule has 1 aromatic carbocycles. The van der Waals surface area contributed by atoms with Gasteiger partial charge in [-0.25, -0.2) is 0 Å². The Morgan fingerprint density at radius 1 is 1.17 bits per heavy atom. The number of nitro groups is 1. The molecule has 7 nitrogen and oxygen atoms in total. The Kier molecular flexibility index (Phi) is 4.47. The first-order valence-electron chi connectivity index (χ1n) is 8.20. The molecule has 2 heterocycles. The fourth-order valence-corrected chi connectivity index (χ4v) is 3.30. The number of carbonyl (C=O) groups is 1. The minimum Gasteiger partial charge on any atom is -0.366 e. The van der Waals surface area contributed by atoms with Gasteiger partial charge in [-0.3, -0.25) is 14.9 Å². The highest BCUT2D eigenvalue weighted by Crippen LogP contribution is 2.32. The molecule has 23 heavy (non-hydrogen) atoms. The number of carbonyl (C=O) groups excluding carboxylic acids is 1. The summed E-state index contributed by atoms with van der Waals surface area (Å²) in [5, 5.41) is 11.4. The summed E-state index contributed by atoms with van der Waals surface area (Å²) in [5.74, 6) is -0.103. The third-order valence-electron chi connectivity index (χ3n) is 4.77. The Balaban J connectivity index is 1.84. The summed E-state index contributed by atoms with van der Waals surface area (Å²) in [4.78, 5) is 28.9. The summed E-state index contributed by atoms with van der Waals surface area (Å²) in [6.45, 7) is 4.92. The predicted molar refractivity (Wildman–Crippen MR) is 87.1 cm³/mol. The first-order chi connectivity index (χ1) is 11.1. The average molecular weight is 319 g/mol.